The van der Waals surface area contributed by atoms with E-state index in [0.29, 0.717) is 12.2 Å². The molecule has 1 atom stereocenters. The monoisotopic (exact) mass is 179 g/mol. The second-order valence-corrected chi connectivity index (χ2v) is 1.83. The molecule has 0 unspecified atom stereocenters. The maximum Gasteiger partial charge on any atom is 1.00 e. The first kappa shape index (κ1) is 17.8. The second kappa shape index (κ2) is 10.8. The summed E-state index contributed by atoms with van der Waals surface area (Å²) in [7, 11) is 0. The number of carbonyl (C=O) groups excluding carboxylic acids is 1. The van der Waals surface area contributed by atoms with E-state index >= 15 is 0 Å². The molecule has 0 fully saturated rings. The first-order valence-electron chi connectivity index (χ1n) is 2.23. The third kappa shape index (κ3) is 9.78. The molecule has 0 spiro atoms. The van der Waals surface area contributed by atoms with Crippen LogP contribution in [0.1, 0.15) is 6.42 Å². The van der Waals surface area contributed by atoms with Gasteiger partial charge < -0.3 is 28.3 Å². The van der Waals surface area contributed by atoms with Crippen molar-refractivity contribution in [2.45, 2.75) is 12.5 Å². The van der Waals surface area contributed by atoms with Gasteiger partial charge in [0.25, 0.3) is 0 Å². The van der Waals surface area contributed by atoms with Gasteiger partial charge in [0.15, 0.2) is 0 Å². The molecule has 3 nitrogen and oxygen atoms in total. The molecule has 0 saturated carbocycles. The van der Waals surface area contributed by atoms with Crippen molar-refractivity contribution in [2.24, 2.45) is 5.73 Å². The number of carboxylic acids is 1. The van der Waals surface area contributed by atoms with E-state index in [1.807, 2.05) is 0 Å². The van der Waals surface area contributed by atoms with Crippen molar-refractivity contribution in [2.75, 3.05) is 5.75 Å². The Balaban J connectivity index is -0.000000245. The molecule has 6 heteroatoms. The Labute approximate surface area is 110 Å². The molecule has 0 rings (SSSR count). The molecule has 2 N–H and O–H groups in total. The molecular weight excluding hydrogens is 172 g/mol. The topological polar surface area (TPSA) is 66.2 Å². The van der Waals surface area contributed by atoms with Crippen molar-refractivity contribution in [3.8, 4) is 0 Å². The number of rotatable bonds is 3. The Morgan fingerprint density at radius 1 is 1.60 bits per heavy atom. The summed E-state index contributed by atoms with van der Waals surface area (Å²) in [4.78, 5) is 9.81. The summed E-state index contributed by atoms with van der Waals surface area (Å²) in [5.74, 6) is -0.857. The number of carbonyl (C=O) groups is 1. The van der Waals surface area contributed by atoms with Gasteiger partial charge in [-0.25, -0.2) is 0 Å². The normalized spacial score (nSPS) is 10.6. The Bertz CT molecular complexity index is 93.3. The number of nitrogens with two attached hydrogens (primary N) is 1. The molecule has 0 radical (unpaired) electrons. The maximum atomic E-state index is 9.81. The Kier molecular flexibility index (Phi) is 19.1. The van der Waals surface area contributed by atoms with Crippen LogP contribution in [-0.2, 0) is 17.4 Å². The predicted octanol–water partition coefficient (Wildman–Crippen LogP) is -7.99. The SMILES string of the molecule is N[C@@H](CC[S-])C(=O)[O-].[Na+].[Na+]. The van der Waals surface area contributed by atoms with E-state index in [9.17, 15) is 9.90 Å². The van der Waals surface area contributed by atoms with Crippen molar-refractivity contribution in [3.63, 3.8) is 0 Å². The van der Waals surface area contributed by atoms with E-state index in [-0.39, 0.29) is 59.1 Å². The standard InChI is InChI=1S/C4H9NO2S.2Na/c5-3(1-2-8)4(6)7;;/h3,8H,1-2,5H2,(H,6,7);;/q;2*+1/p-2/t3-;;/m0../s1. The van der Waals surface area contributed by atoms with E-state index in [4.69, 9.17) is 5.73 Å². The molecule has 0 saturated heterocycles. The van der Waals surface area contributed by atoms with Crippen molar-refractivity contribution in [3.05, 3.63) is 0 Å². The zero-order valence-corrected chi connectivity index (χ0v) is 11.1. The van der Waals surface area contributed by atoms with Crippen molar-refractivity contribution >= 4 is 18.6 Å². The first-order valence-corrected chi connectivity index (χ1v) is 2.80. The molecular formula is C4H7NNa2O2S. The fourth-order valence-electron chi connectivity index (χ4n) is 0.245. The van der Waals surface area contributed by atoms with Gasteiger partial charge in [-0.15, -0.1) is 0 Å². The summed E-state index contributed by atoms with van der Waals surface area (Å²) < 4.78 is 0. The van der Waals surface area contributed by atoms with Crippen molar-refractivity contribution in [1.29, 1.82) is 0 Å². The van der Waals surface area contributed by atoms with E-state index in [1.54, 1.807) is 0 Å². The van der Waals surface area contributed by atoms with Crippen LogP contribution in [0.4, 0.5) is 0 Å². The van der Waals surface area contributed by atoms with Crippen LogP contribution < -0.4 is 70.0 Å². The molecule has 0 heterocycles. The van der Waals surface area contributed by atoms with Crippen molar-refractivity contribution < 1.29 is 69.0 Å². The van der Waals surface area contributed by atoms with E-state index in [2.05, 4.69) is 12.6 Å². The van der Waals surface area contributed by atoms with E-state index < -0.39 is 12.0 Å². The quantitative estimate of drug-likeness (QED) is 0.345. The molecule has 0 aliphatic carbocycles. The van der Waals surface area contributed by atoms with Gasteiger partial charge in [0.1, 0.15) is 0 Å². The molecule has 0 bridgehead atoms. The minimum Gasteiger partial charge on any atom is -0.793 e. The maximum absolute atomic E-state index is 9.81. The van der Waals surface area contributed by atoms with Gasteiger partial charge in [-0.05, 0) is 0 Å². The Morgan fingerprint density at radius 2 is 2.00 bits per heavy atom. The Morgan fingerprint density at radius 3 is 2.10 bits per heavy atom. The van der Waals surface area contributed by atoms with Gasteiger partial charge in [-0.1, -0.05) is 6.42 Å². The van der Waals surface area contributed by atoms with Gasteiger partial charge in [-0.3, -0.25) is 0 Å². The summed E-state index contributed by atoms with van der Waals surface area (Å²) in [6, 6.07) is -0.882. The van der Waals surface area contributed by atoms with Crippen LogP contribution in [0.15, 0.2) is 0 Å². The first-order chi connectivity index (χ1) is 3.68. The van der Waals surface area contributed by atoms with Crippen LogP contribution in [0.5, 0.6) is 0 Å². The summed E-state index contributed by atoms with van der Waals surface area (Å²) in [5.41, 5.74) is 5.00. The third-order valence-corrected chi connectivity index (χ3v) is 0.967. The summed E-state index contributed by atoms with van der Waals surface area (Å²) in [5, 5.41) is 9.81. The van der Waals surface area contributed by atoms with Gasteiger partial charge >= 0.3 is 59.1 Å². The average Bonchev–Trinajstić information content (AvgIpc) is 1.67. The number of hydrogen-bond donors (Lipinski definition) is 1. The van der Waals surface area contributed by atoms with Gasteiger partial charge in [-0.2, -0.15) is 5.75 Å². The molecule has 10 heavy (non-hydrogen) atoms. The molecule has 0 aromatic carbocycles. The van der Waals surface area contributed by atoms with Crippen LogP contribution in [0.3, 0.4) is 0 Å². The number of aliphatic carboxylic acids is 1. The predicted molar refractivity (Wildman–Crippen MR) is 29.8 cm³/mol. The molecule has 0 aromatic heterocycles. The smallest absolute Gasteiger partial charge is 0.793 e. The summed E-state index contributed by atoms with van der Waals surface area (Å²) in [6.45, 7) is 0. The molecule has 0 amide bonds. The molecule has 0 aliphatic heterocycles. The fourth-order valence-corrected chi connectivity index (χ4v) is 0.499. The van der Waals surface area contributed by atoms with E-state index in [0.717, 1.165) is 0 Å². The molecule has 0 aliphatic rings. The van der Waals surface area contributed by atoms with Crippen LogP contribution in [-0.4, -0.2) is 17.8 Å². The number of carboxylic acid groups (broad SMARTS) is 1. The van der Waals surface area contributed by atoms with Crippen LogP contribution in [0.2, 0.25) is 0 Å². The summed E-state index contributed by atoms with van der Waals surface area (Å²) in [6.07, 6.45) is 0.317. The summed E-state index contributed by atoms with van der Waals surface area (Å²) >= 11 is 4.48. The zero-order chi connectivity index (χ0) is 6.57. The molecule has 48 valence electrons. The third-order valence-electron chi connectivity index (χ3n) is 0.732. The zero-order valence-electron chi connectivity index (χ0n) is 6.29. The minimum absolute atomic E-state index is 0. The van der Waals surface area contributed by atoms with Gasteiger partial charge in [0, 0.05) is 6.04 Å². The minimum atomic E-state index is -1.23. The molecule has 0 aromatic rings. The second-order valence-electron chi connectivity index (χ2n) is 1.42. The number of hydrogen-bond acceptors (Lipinski definition) is 4. The average molecular weight is 179 g/mol. The largest absolute Gasteiger partial charge is 1.00 e. The van der Waals surface area contributed by atoms with Crippen LogP contribution in [0, 0.1) is 0 Å². The Hall–Kier alpha value is 1.78. The van der Waals surface area contributed by atoms with Gasteiger partial charge in [0.2, 0.25) is 0 Å². The van der Waals surface area contributed by atoms with Crippen LogP contribution in [0.25, 0.3) is 0 Å². The van der Waals surface area contributed by atoms with Crippen LogP contribution >= 0.6 is 0 Å². The van der Waals surface area contributed by atoms with Gasteiger partial charge in [0.05, 0.1) is 5.97 Å². The van der Waals surface area contributed by atoms with Crippen molar-refractivity contribution in [1.82, 2.24) is 0 Å². The van der Waals surface area contributed by atoms with E-state index in [1.165, 1.54) is 0 Å². The fraction of sp³-hybridized carbons (Fsp3) is 0.750.